The molecule has 466 valence electrons. The summed E-state index contributed by atoms with van der Waals surface area (Å²) in [5, 5.41) is 2.39. The van der Waals surface area contributed by atoms with Crippen LogP contribution in [-0.4, -0.2) is 10.4 Å². The number of carbonyl (C=O) groups excluding carboxylic acids is 1. The zero-order valence-corrected chi connectivity index (χ0v) is 55.5. The maximum atomic E-state index is 15.9. The maximum absolute atomic E-state index is 15.9. The maximum Gasteiger partial charge on any atom is 0.193 e. The topological polar surface area (TPSA) is 22.0 Å². The van der Waals surface area contributed by atoms with E-state index in [0.717, 1.165) is 44.5 Å². The number of ketones is 1. The zero-order valence-electron chi connectivity index (χ0n) is 55.5. The van der Waals surface area contributed by atoms with Gasteiger partial charge in [-0.3, -0.25) is 4.79 Å². The first kappa shape index (κ1) is 55.9. The van der Waals surface area contributed by atoms with Gasteiger partial charge >= 0.3 is 0 Å². The van der Waals surface area contributed by atoms with E-state index in [1.165, 1.54) is 144 Å². The summed E-state index contributed by atoms with van der Waals surface area (Å²) in [6.07, 6.45) is 0. The van der Waals surface area contributed by atoms with Crippen LogP contribution in [0.3, 0.4) is 0 Å². The van der Waals surface area contributed by atoms with E-state index in [-0.39, 0.29) is 11.2 Å². The molecular formula is C98H63NO. The van der Waals surface area contributed by atoms with Crippen molar-refractivity contribution in [1.29, 1.82) is 0 Å². The van der Waals surface area contributed by atoms with Crippen molar-refractivity contribution >= 4 is 27.6 Å². The monoisotopic (exact) mass is 1270 g/mol. The fraction of sp³-hybridized carbons (Fsp3) is 0.0714. The molecule has 100 heavy (non-hydrogen) atoms. The Kier molecular flexibility index (Phi) is 11.0. The standard InChI is InChI=1S/C98H63NO/c1-95(2,3)64-42-44-65(45-43-64)99-92-50-40-58(60-36-46-74-70-24-8-16-32-84(70)96(88(74)54-60)80-28-12-4-20-66(80)67-21-5-13-29-81(67)96)52-78(92)79-53-59(41-51-93(79)99)61-37-47-75-72-26-10-18-34-86(72)98(89(75)55-61)87-35-19-11-27-73(87)77-49-39-63(57-91(77)98)94(100)62-38-48-76-71-25-9-17-33-85(71)97(90(76)56-62)82-30-14-6-22-68(82)69-23-7-15-31-83(69)97/h4-57H,1-3H3. The van der Waals surface area contributed by atoms with Crippen molar-refractivity contribution in [2.45, 2.75) is 42.4 Å². The molecule has 1 atom stereocenters. The van der Waals surface area contributed by atoms with Crippen LogP contribution >= 0.6 is 0 Å². The van der Waals surface area contributed by atoms with Gasteiger partial charge in [0.2, 0.25) is 0 Å². The average Bonchev–Trinajstić information content (AvgIpc) is 1.52. The Hall–Kier alpha value is -12.2. The van der Waals surface area contributed by atoms with Crippen molar-refractivity contribution < 1.29 is 4.79 Å². The molecule has 0 amide bonds. The fourth-order valence-electron chi connectivity index (χ4n) is 19.9. The SMILES string of the molecule is CC(C)(C)c1ccc(-n2c3ccc(-c4ccc5c(c4)C4(c6ccccc6-c6ccccc64)c4ccccc4-5)cc3c3cc(-c4ccc5c(c4)C4(c6ccccc6-c6ccc(C(=O)c7ccc8c(c7)C7(c9ccccc9-c9ccccc97)c7ccccc7-8)cc64)c4ccccc4-5)ccc32)cc1. The summed E-state index contributed by atoms with van der Waals surface area (Å²) >= 11 is 0. The minimum absolute atomic E-state index is 0.0119. The van der Waals surface area contributed by atoms with Crippen LogP contribution in [0.15, 0.2) is 328 Å². The molecule has 0 N–H and O–H groups in total. The Bertz CT molecular complexity index is 6220. The molecule has 6 aliphatic carbocycles. The summed E-state index contributed by atoms with van der Waals surface area (Å²) in [6.45, 7) is 6.86. The minimum Gasteiger partial charge on any atom is -0.309 e. The van der Waals surface area contributed by atoms with Gasteiger partial charge in [-0.2, -0.15) is 0 Å². The lowest BCUT2D eigenvalue weighted by Crippen LogP contribution is -2.26. The molecule has 1 unspecified atom stereocenters. The van der Waals surface area contributed by atoms with E-state index >= 15 is 4.79 Å². The lowest BCUT2D eigenvalue weighted by Gasteiger charge is -2.31. The van der Waals surface area contributed by atoms with Gasteiger partial charge in [0, 0.05) is 27.6 Å². The van der Waals surface area contributed by atoms with E-state index < -0.39 is 16.2 Å². The summed E-state index contributed by atoms with van der Waals surface area (Å²) < 4.78 is 2.47. The molecule has 0 saturated carbocycles. The van der Waals surface area contributed by atoms with Gasteiger partial charge in [0.15, 0.2) is 5.78 Å². The van der Waals surface area contributed by atoms with Crippen molar-refractivity contribution in [2.75, 3.05) is 0 Å². The molecule has 16 aromatic rings. The number of nitrogens with zero attached hydrogens (tertiary/aromatic N) is 1. The highest BCUT2D eigenvalue weighted by atomic mass is 16.1. The highest BCUT2D eigenvalue weighted by Gasteiger charge is 2.55. The molecule has 2 nitrogen and oxygen atoms in total. The highest BCUT2D eigenvalue weighted by Crippen LogP contribution is 2.67. The second kappa shape index (κ2) is 19.8. The first-order valence-corrected chi connectivity index (χ1v) is 35.2. The predicted octanol–water partition coefficient (Wildman–Crippen LogP) is 23.7. The number of aromatic nitrogens is 1. The van der Waals surface area contributed by atoms with Crippen LogP contribution in [0.5, 0.6) is 0 Å². The average molecular weight is 1270 g/mol. The van der Waals surface area contributed by atoms with Gasteiger partial charge in [-0.15, -0.1) is 0 Å². The van der Waals surface area contributed by atoms with Crippen LogP contribution in [0.25, 0.3) is 117 Å². The van der Waals surface area contributed by atoms with E-state index in [9.17, 15) is 0 Å². The van der Waals surface area contributed by atoms with Crippen LogP contribution in [-0.2, 0) is 21.7 Å². The molecule has 2 heteroatoms. The molecule has 0 aliphatic heterocycles. The first-order valence-electron chi connectivity index (χ1n) is 35.2. The number of hydrogen-bond donors (Lipinski definition) is 0. The van der Waals surface area contributed by atoms with Crippen LogP contribution < -0.4 is 0 Å². The van der Waals surface area contributed by atoms with E-state index in [2.05, 4.69) is 353 Å². The second-order valence-corrected chi connectivity index (χ2v) is 29.6. The minimum atomic E-state index is -0.711. The van der Waals surface area contributed by atoms with Gasteiger partial charge in [0.1, 0.15) is 0 Å². The molecule has 0 fully saturated rings. The molecule has 0 saturated heterocycles. The molecular weight excluding hydrogens is 1210 g/mol. The summed E-state index contributed by atoms with van der Waals surface area (Å²) in [4.78, 5) is 15.9. The first-order chi connectivity index (χ1) is 49.1. The van der Waals surface area contributed by atoms with Gasteiger partial charge in [-0.05, 0) is 227 Å². The molecule has 6 aliphatic rings. The van der Waals surface area contributed by atoms with Crippen molar-refractivity contribution in [3.63, 3.8) is 0 Å². The van der Waals surface area contributed by atoms with Crippen LogP contribution in [0.4, 0.5) is 0 Å². The Morgan fingerprint density at radius 1 is 0.250 bits per heavy atom. The molecule has 0 bridgehead atoms. The van der Waals surface area contributed by atoms with E-state index in [1.54, 1.807) is 0 Å². The molecule has 22 rings (SSSR count). The van der Waals surface area contributed by atoms with E-state index in [1.807, 2.05) is 0 Å². The molecule has 1 aromatic heterocycles. The van der Waals surface area contributed by atoms with Crippen molar-refractivity contribution in [1.82, 2.24) is 4.57 Å². The number of fused-ring (bicyclic) bond motifs is 33. The van der Waals surface area contributed by atoms with Crippen LogP contribution in [0.1, 0.15) is 109 Å². The van der Waals surface area contributed by atoms with Crippen molar-refractivity contribution in [3.05, 3.63) is 411 Å². The Labute approximate surface area is 581 Å². The summed E-state index contributed by atoms with van der Waals surface area (Å²) in [6, 6.07) is 123. The Balaban J connectivity index is 0.705. The predicted molar refractivity (Wildman–Crippen MR) is 409 cm³/mol. The third kappa shape index (κ3) is 6.95. The summed E-state index contributed by atoms with van der Waals surface area (Å²) in [5.74, 6) is 0.0134. The molecule has 15 aromatic carbocycles. The quantitative estimate of drug-likeness (QED) is 0.157. The van der Waals surface area contributed by atoms with Crippen molar-refractivity contribution in [3.8, 4) is 94.7 Å². The van der Waals surface area contributed by atoms with E-state index in [4.69, 9.17) is 0 Å². The number of hydrogen-bond acceptors (Lipinski definition) is 1. The third-order valence-corrected chi connectivity index (χ3v) is 24.0. The molecule has 1 heterocycles. The number of carbonyl (C=O) groups is 1. The van der Waals surface area contributed by atoms with Gasteiger partial charge in [0.25, 0.3) is 0 Å². The smallest absolute Gasteiger partial charge is 0.193 e. The van der Waals surface area contributed by atoms with Gasteiger partial charge in [-0.1, -0.05) is 288 Å². The molecule has 0 radical (unpaired) electrons. The van der Waals surface area contributed by atoms with Gasteiger partial charge in [-0.25, -0.2) is 0 Å². The Morgan fingerprint density at radius 2 is 0.500 bits per heavy atom. The third-order valence-electron chi connectivity index (χ3n) is 24.0. The molecule has 3 spiro atoms. The summed E-state index contributed by atoms with van der Waals surface area (Å²) in [7, 11) is 0. The van der Waals surface area contributed by atoms with Crippen molar-refractivity contribution in [2.24, 2.45) is 0 Å². The number of benzene rings is 15. The number of rotatable bonds is 5. The van der Waals surface area contributed by atoms with E-state index in [0.29, 0.717) is 11.1 Å². The Morgan fingerprint density at radius 3 is 0.810 bits per heavy atom. The lowest BCUT2D eigenvalue weighted by molar-refractivity contribution is 0.103. The van der Waals surface area contributed by atoms with Crippen LogP contribution in [0, 0.1) is 0 Å². The second-order valence-electron chi connectivity index (χ2n) is 29.6. The van der Waals surface area contributed by atoms with Gasteiger partial charge < -0.3 is 4.57 Å². The van der Waals surface area contributed by atoms with Gasteiger partial charge in [0.05, 0.1) is 27.3 Å². The lowest BCUT2D eigenvalue weighted by atomic mass is 9.69. The largest absolute Gasteiger partial charge is 0.309 e. The summed E-state index contributed by atoms with van der Waals surface area (Å²) in [5.41, 5.74) is 39.1. The fourth-order valence-corrected chi connectivity index (χ4v) is 19.9. The normalized spacial score (nSPS) is 15.6. The highest BCUT2D eigenvalue weighted by molar-refractivity contribution is 6.13. The zero-order chi connectivity index (χ0) is 66.1. The van der Waals surface area contributed by atoms with Crippen LogP contribution in [0.2, 0.25) is 0 Å².